The molecular weight excluding hydrogens is 482 g/mol. The molecule has 210 valence electrons. The molecule has 0 spiro atoms. The minimum absolute atomic E-state index is 0.484. The van der Waals surface area contributed by atoms with E-state index in [0.717, 1.165) is 51.6 Å². The van der Waals surface area contributed by atoms with Gasteiger partial charge >= 0.3 is 0 Å². The molecule has 0 saturated carbocycles. The number of aromatic nitrogens is 2. The second-order valence-corrected chi connectivity index (χ2v) is 8.99. The van der Waals surface area contributed by atoms with Gasteiger partial charge in [-0.3, -0.25) is 0 Å². The Balaban J connectivity index is 0.000000483. The first-order valence-electron chi connectivity index (χ1n) is 13.4. The number of aryl methyl sites for hydroxylation is 2. The van der Waals surface area contributed by atoms with E-state index in [-0.39, 0.29) is 0 Å². The predicted molar refractivity (Wildman–Crippen MR) is 169 cm³/mol. The Bertz CT molecular complexity index is 1230. The average molecular weight is 530 g/mol. The Morgan fingerprint density at radius 3 is 2.00 bits per heavy atom. The SMILES string of the molecule is C=CC(=C\C)/C(C=C)=C/c1nc(N)n(Cc2ccc(C)c(OC)c2)c1C.CCC.CCc1ccc(OC)cc1. The van der Waals surface area contributed by atoms with Crippen LogP contribution < -0.4 is 15.2 Å². The molecule has 0 fully saturated rings. The molecule has 2 N–H and O–H groups in total. The van der Waals surface area contributed by atoms with E-state index in [4.69, 9.17) is 15.2 Å². The highest BCUT2D eigenvalue weighted by molar-refractivity contribution is 5.64. The topological polar surface area (TPSA) is 62.3 Å². The molecule has 0 atom stereocenters. The molecule has 1 heterocycles. The molecule has 5 nitrogen and oxygen atoms in total. The van der Waals surface area contributed by atoms with E-state index in [1.165, 1.54) is 12.0 Å². The maximum absolute atomic E-state index is 6.18. The molecule has 0 aliphatic carbocycles. The summed E-state index contributed by atoms with van der Waals surface area (Å²) in [6.45, 7) is 20.8. The van der Waals surface area contributed by atoms with Crippen LogP contribution >= 0.6 is 0 Å². The molecule has 5 heteroatoms. The fourth-order valence-corrected chi connectivity index (χ4v) is 3.73. The first-order valence-corrected chi connectivity index (χ1v) is 13.4. The Kier molecular flexibility index (Phi) is 14.8. The van der Waals surface area contributed by atoms with Gasteiger partial charge in [0.15, 0.2) is 0 Å². The number of benzene rings is 2. The largest absolute Gasteiger partial charge is 0.497 e. The number of nitrogens with two attached hydrogens (primary N) is 1. The van der Waals surface area contributed by atoms with E-state index in [2.05, 4.69) is 63.2 Å². The van der Waals surface area contributed by atoms with Crippen molar-refractivity contribution in [1.82, 2.24) is 9.55 Å². The number of nitrogen functional groups attached to an aromatic ring is 1. The molecule has 0 radical (unpaired) electrons. The highest BCUT2D eigenvalue weighted by Crippen LogP contribution is 2.24. The van der Waals surface area contributed by atoms with E-state index in [0.29, 0.717) is 12.5 Å². The van der Waals surface area contributed by atoms with Gasteiger partial charge in [0.1, 0.15) is 11.5 Å². The summed E-state index contributed by atoms with van der Waals surface area (Å²) in [5.41, 5.74) is 13.6. The van der Waals surface area contributed by atoms with Crippen LogP contribution in [0, 0.1) is 13.8 Å². The highest BCUT2D eigenvalue weighted by Gasteiger charge is 2.12. The van der Waals surface area contributed by atoms with Crippen LogP contribution in [0.2, 0.25) is 0 Å². The maximum Gasteiger partial charge on any atom is 0.201 e. The lowest BCUT2D eigenvalue weighted by atomic mass is 10.0. The summed E-state index contributed by atoms with van der Waals surface area (Å²) in [6.07, 6.45) is 9.93. The van der Waals surface area contributed by atoms with Gasteiger partial charge in [-0.05, 0) is 79.3 Å². The van der Waals surface area contributed by atoms with E-state index >= 15 is 0 Å². The van der Waals surface area contributed by atoms with E-state index in [9.17, 15) is 0 Å². The van der Waals surface area contributed by atoms with Crippen molar-refractivity contribution in [2.45, 2.75) is 60.9 Å². The summed E-state index contributed by atoms with van der Waals surface area (Å²) >= 11 is 0. The van der Waals surface area contributed by atoms with Crippen molar-refractivity contribution in [2.24, 2.45) is 0 Å². The van der Waals surface area contributed by atoms with E-state index < -0.39 is 0 Å². The van der Waals surface area contributed by atoms with Gasteiger partial charge < -0.3 is 19.8 Å². The van der Waals surface area contributed by atoms with Gasteiger partial charge in [0.2, 0.25) is 5.95 Å². The van der Waals surface area contributed by atoms with Gasteiger partial charge in [-0.2, -0.15) is 0 Å². The third-order valence-corrected chi connectivity index (χ3v) is 6.04. The molecule has 0 saturated heterocycles. The molecule has 0 aliphatic rings. The molecule has 2 aromatic carbocycles. The standard InChI is InChI=1S/C22H27N3O.C9H12O.C3H8/c1-7-18(8-2)19(9-3)13-20-16(5)25(22(23)24-20)14-17-11-10-15(4)21(12-17)26-6;1-3-8-4-6-9(10-2)7-5-8;1-3-2/h7-13H,1,3,14H2,2,4-6H3,(H2,23,24);4-7H,3H2,1-2H3;3H2,1-2H3/b18-8+,19-13+;;. The van der Waals surface area contributed by atoms with E-state index in [1.54, 1.807) is 20.3 Å². The van der Waals surface area contributed by atoms with Crippen LogP contribution in [0.15, 0.2) is 85.0 Å². The molecule has 3 rings (SSSR count). The number of anilines is 1. The maximum atomic E-state index is 6.18. The summed E-state index contributed by atoms with van der Waals surface area (Å²) in [5.74, 6) is 2.28. The second-order valence-electron chi connectivity index (χ2n) is 8.99. The van der Waals surface area contributed by atoms with Crippen LogP contribution in [0.25, 0.3) is 6.08 Å². The van der Waals surface area contributed by atoms with Crippen molar-refractivity contribution in [1.29, 1.82) is 0 Å². The fraction of sp³-hybridized carbons (Fsp3) is 0.324. The third-order valence-electron chi connectivity index (χ3n) is 6.04. The summed E-state index contributed by atoms with van der Waals surface area (Å²) in [4.78, 5) is 4.53. The van der Waals surface area contributed by atoms with Crippen molar-refractivity contribution >= 4 is 12.0 Å². The predicted octanol–water partition coefficient (Wildman–Crippen LogP) is 8.51. The van der Waals surface area contributed by atoms with Crippen LogP contribution in [-0.4, -0.2) is 23.8 Å². The van der Waals surface area contributed by atoms with Crippen molar-refractivity contribution in [3.8, 4) is 11.5 Å². The zero-order valence-corrected chi connectivity index (χ0v) is 25.2. The van der Waals surface area contributed by atoms with Gasteiger partial charge in [0.25, 0.3) is 0 Å². The van der Waals surface area contributed by atoms with Gasteiger partial charge in [0, 0.05) is 5.69 Å². The molecule has 3 aromatic rings. The molecule has 39 heavy (non-hydrogen) atoms. The number of allylic oxidation sites excluding steroid dienone is 5. The van der Waals surface area contributed by atoms with Crippen molar-refractivity contribution in [3.63, 3.8) is 0 Å². The van der Waals surface area contributed by atoms with Crippen molar-refractivity contribution < 1.29 is 9.47 Å². The lowest BCUT2D eigenvalue weighted by molar-refractivity contribution is 0.411. The smallest absolute Gasteiger partial charge is 0.201 e. The van der Waals surface area contributed by atoms with Gasteiger partial charge in [-0.25, -0.2) is 4.98 Å². The van der Waals surface area contributed by atoms with Crippen LogP contribution in [0.4, 0.5) is 5.95 Å². The average Bonchev–Trinajstić information content (AvgIpc) is 3.22. The molecule has 0 bridgehead atoms. The van der Waals surface area contributed by atoms with Crippen LogP contribution in [0.5, 0.6) is 11.5 Å². The zero-order chi connectivity index (χ0) is 29.4. The minimum Gasteiger partial charge on any atom is -0.497 e. The van der Waals surface area contributed by atoms with Crippen molar-refractivity contribution in [2.75, 3.05) is 20.0 Å². The van der Waals surface area contributed by atoms with Gasteiger partial charge in [0.05, 0.1) is 26.5 Å². The number of hydrogen-bond acceptors (Lipinski definition) is 4. The number of ether oxygens (including phenoxy) is 2. The normalized spacial score (nSPS) is 11.0. The molecule has 1 aromatic heterocycles. The lowest BCUT2D eigenvalue weighted by Gasteiger charge is -2.11. The summed E-state index contributed by atoms with van der Waals surface area (Å²) < 4.78 is 12.4. The third kappa shape index (κ3) is 10.0. The summed E-state index contributed by atoms with van der Waals surface area (Å²) in [6, 6.07) is 14.3. The Morgan fingerprint density at radius 1 is 0.923 bits per heavy atom. The molecule has 0 unspecified atom stereocenters. The second kappa shape index (κ2) is 17.5. The highest BCUT2D eigenvalue weighted by atomic mass is 16.5. The minimum atomic E-state index is 0.484. The van der Waals surface area contributed by atoms with E-state index in [1.807, 2.05) is 61.8 Å². The van der Waals surface area contributed by atoms with Crippen molar-refractivity contribution in [3.05, 3.63) is 113 Å². The first kappa shape index (κ1) is 33.0. The van der Waals surface area contributed by atoms with Crippen LogP contribution in [-0.2, 0) is 13.0 Å². The quantitative estimate of drug-likeness (QED) is 0.282. The summed E-state index contributed by atoms with van der Waals surface area (Å²) in [5, 5.41) is 0. The first-order chi connectivity index (χ1) is 18.7. The van der Waals surface area contributed by atoms with Gasteiger partial charge in [-0.15, -0.1) is 0 Å². The Labute approximate surface area is 236 Å². The molecule has 0 aliphatic heterocycles. The number of nitrogens with zero attached hydrogens (tertiary/aromatic N) is 2. The zero-order valence-electron chi connectivity index (χ0n) is 25.2. The van der Waals surface area contributed by atoms with Crippen LogP contribution in [0.3, 0.4) is 0 Å². The van der Waals surface area contributed by atoms with Crippen LogP contribution in [0.1, 0.15) is 62.2 Å². The Hall–Kier alpha value is -3.99. The lowest BCUT2D eigenvalue weighted by Crippen LogP contribution is -2.06. The molecular formula is C34H47N3O2. The number of hydrogen-bond donors (Lipinski definition) is 1. The fourth-order valence-electron chi connectivity index (χ4n) is 3.73. The number of imidazole rings is 1. The molecule has 0 amide bonds. The summed E-state index contributed by atoms with van der Waals surface area (Å²) in [7, 11) is 3.36. The monoisotopic (exact) mass is 529 g/mol. The number of rotatable bonds is 9. The van der Waals surface area contributed by atoms with Gasteiger partial charge in [-0.1, -0.05) is 82.8 Å². The number of methoxy groups -OCH3 is 2. The Morgan fingerprint density at radius 2 is 1.51 bits per heavy atom.